The third kappa shape index (κ3) is 3.88. The van der Waals surface area contributed by atoms with Crippen molar-refractivity contribution < 1.29 is 23.4 Å². The van der Waals surface area contributed by atoms with E-state index >= 15 is 0 Å². The van der Waals surface area contributed by atoms with Crippen LogP contribution in [0.3, 0.4) is 0 Å². The molecule has 0 aliphatic rings. The van der Waals surface area contributed by atoms with Crippen molar-refractivity contribution in [3.05, 3.63) is 59.4 Å². The SMILES string of the molecule is COc1ccc(OC)c(C(=O)/C=C/c2ccc(OC)c(F)c2)c1. The maximum atomic E-state index is 13.6. The highest BCUT2D eigenvalue weighted by atomic mass is 19.1. The molecule has 0 heterocycles. The minimum atomic E-state index is -0.485. The lowest BCUT2D eigenvalue weighted by atomic mass is 10.1. The van der Waals surface area contributed by atoms with Gasteiger partial charge in [0.05, 0.1) is 26.9 Å². The summed E-state index contributed by atoms with van der Waals surface area (Å²) in [6.07, 6.45) is 2.89. The molecule has 23 heavy (non-hydrogen) atoms. The summed E-state index contributed by atoms with van der Waals surface area (Å²) in [5.74, 6) is 0.403. The second-order valence-corrected chi connectivity index (χ2v) is 4.66. The topological polar surface area (TPSA) is 44.8 Å². The van der Waals surface area contributed by atoms with Crippen LogP contribution < -0.4 is 14.2 Å². The molecule has 5 heteroatoms. The van der Waals surface area contributed by atoms with Crippen LogP contribution in [-0.2, 0) is 0 Å². The lowest BCUT2D eigenvalue weighted by Gasteiger charge is -2.08. The van der Waals surface area contributed by atoms with E-state index in [1.165, 1.54) is 45.6 Å². The molecule has 0 amide bonds. The first-order chi connectivity index (χ1) is 11.1. The molecule has 0 atom stereocenters. The lowest BCUT2D eigenvalue weighted by Crippen LogP contribution is -1.99. The number of methoxy groups -OCH3 is 3. The second-order valence-electron chi connectivity index (χ2n) is 4.66. The zero-order valence-electron chi connectivity index (χ0n) is 13.1. The maximum absolute atomic E-state index is 13.6. The molecule has 0 N–H and O–H groups in total. The van der Waals surface area contributed by atoms with Crippen molar-refractivity contribution in [3.63, 3.8) is 0 Å². The molecule has 0 aliphatic heterocycles. The number of rotatable bonds is 6. The number of hydrogen-bond acceptors (Lipinski definition) is 4. The number of carbonyl (C=O) groups excluding carboxylic acids is 1. The standard InChI is InChI=1S/C18H17FO4/c1-21-13-6-9-17(22-2)14(11-13)16(20)7-4-12-5-8-18(23-3)15(19)10-12/h4-11H,1-3H3/b7-4+. The fraction of sp³-hybridized carbons (Fsp3) is 0.167. The average molecular weight is 316 g/mol. The minimum absolute atomic E-state index is 0.156. The summed E-state index contributed by atoms with van der Waals surface area (Å²) in [6.45, 7) is 0. The summed E-state index contributed by atoms with van der Waals surface area (Å²) in [7, 11) is 4.40. The molecule has 0 fully saturated rings. The molecule has 2 aromatic carbocycles. The highest BCUT2D eigenvalue weighted by molar-refractivity contribution is 6.08. The van der Waals surface area contributed by atoms with Crippen LogP contribution in [0, 0.1) is 5.82 Å². The number of allylic oxidation sites excluding steroid dienone is 1. The van der Waals surface area contributed by atoms with Gasteiger partial charge in [-0.25, -0.2) is 4.39 Å². The van der Waals surface area contributed by atoms with Crippen molar-refractivity contribution in [1.29, 1.82) is 0 Å². The molecular formula is C18H17FO4. The van der Waals surface area contributed by atoms with Gasteiger partial charge in [-0.15, -0.1) is 0 Å². The first-order valence-electron chi connectivity index (χ1n) is 6.87. The zero-order chi connectivity index (χ0) is 16.8. The van der Waals surface area contributed by atoms with Crippen LogP contribution in [0.1, 0.15) is 15.9 Å². The van der Waals surface area contributed by atoms with E-state index in [4.69, 9.17) is 14.2 Å². The van der Waals surface area contributed by atoms with Crippen LogP contribution in [0.25, 0.3) is 6.08 Å². The van der Waals surface area contributed by atoms with Gasteiger partial charge >= 0.3 is 0 Å². The smallest absolute Gasteiger partial charge is 0.189 e. The molecule has 0 aromatic heterocycles. The molecule has 0 aliphatic carbocycles. The molecule has 0 spiro atoms. The van der Waals surface area contributed by atoms with Crippen molar-refractivity contribution in [2.45, 2.75) is 0 Å². The second kappa shape index (κ2) is 7.45. The Balaban J connectivity index is 2.26. The van der Waals surface area contributed by atoms with E-state index in [0.717, 1.165) is 0 Å². The van der Waals surface area contributed by atoms with Gasteiger partial charge in [-0.1, -0.05) is 12.1 Å². The van der Waals surface area contributed by atoms with Crippen LogP contribution >= 0.6 is 0 Å². The van der Waals surface area contributed by atoms with E-state index in [9.17, 15) is 9.18 Å². The largest absolute Gasteiger partial charge is 0.497 e. The van der Waals surface area contributed by atoms with Crippen molar-refractivity contribution in [2.24, 2.45) is 0 Å². The van der Waals surface area contributed by atoms with Gasteiger partial charge in [-0.3, -0.25) is 4.79 Å². The lowest BCUT2D eigenvalue weighted by molar-refractivity contribution is 0.104. The van der Waals surface area contributed by atoms with Crippen LogP contribution in [-0.4, -0.2) is 27.1 Å². The summed E-state index contributed by atoms with van der Waals surface area (Å²) in [5.41, 5.74) is 0.926. The molecule has 0 saturated carbocycles. The average Bonchev–Trinajstić information content (AvgIpc) is 2.59. The number of hydrogen-bond donors (Lipinski definition) is 0. The Morgan fingerprint density at radius 3 is 2.26 bits per heavy atom. The fourth-order valence-corrected chi connectivity index (χ4v) is 2.05. The van der Waals surface area contributed by atoms with Crippen LogP contribution in [0.15, 0.2) is 42.5 Å². The van der Waals surface area contributed by atoms with E-state index in [1.54, 1.807) is 24.3 Å². The van der Waals surface area contributed by atoms with E-state index in [0.29, 0.717) is 22.6 Å². The highest BCUT2D eigenvalue weighted by Gasteiger charge is 2.11. The highest BCUT2D eigenvalue weighted by Crippen LogP contribution is 2.25. The Hall–Kier alpha value is -2.82. The van der Waals surface area contributed by atoms with Crippen molar-refractivity contribution in [3.8, 4) is 17.2 Å². The summed E-state index contributed by atoms with van der Waals surface area (Å²) in [6, 6.07) is 9.43. The first kappa shape index (κ1) is 16.5. The number of carbonyl (C=O) groups is 1. The van der Waals surface area contributed by atoms with Gasteiger partial charge < -0.3 is 14.2 Å². The first-order valence-corrected chi connectivity index (χ1v) is 6.87. The summed E-state index contributed by atoms with van der Waals surface area (Å²) in [5, 5.41) is 0. The van der Waals surface area contributed by atoms with Crippen molar-refractivity contribution >= 4 is 11.9 Å². The molecule has 2 rings (SSSR count). The Bertz CT molecular complexity index is 738. The maximum Gasteiger partial charge on any atom is 0.189 e. The monoisotopic (exact) mass is 316 g/mol. The summed E-state index contributed by atoms with van der Waals surface area (Å²) in [4.78, 5) is 12.3. The third-order valence-electron chi connectivity index (χ3n) is 3.28. The molecule has 0 saturated heterocycles. The van der Waals surface area contributed by atoms with Gasteiger partial charge in [0.2, 0.25) is 0 Å². The van der Waals surface area contributed by atoms with Crippen LogP contribution in [0.4, 0.5) is 4.39 Å². The Morgan fingerprint density at radius 2 is 1.65 bits per heavy atom. The van der Waals surface area contributed by atoms with Crippen LogP contribution in [0.5, 0.6) is 17.2 Å². The van der Waals surface area contributed by atoms with E-state index < -0.39 is 5.82 Å². The van der Waals surface area contributed by atoms with Crippen molar-refractivity contribution in [1.82, 2.24) is 0 Å². The Kier molecular flexibility index (Phi) is 5.36. The van der Waals surface area contributed by atoms with Crippen molar-refractivity contribution in [2.75, 3.05) is 21.3 Å². The number of halogens is 1. The van der Waals surface area contributed by atoms with E-state index in [2.05, 4.69) is 0 Å². The van der Waals surface area contributed by atoms with E-state index in [1.807, 2.05) is 0 Å². The van der Waals surface area contributed by atoms with Gasteiger partial charge in [-0.05, 0) is 42.0 Å². The Labute approximate surface area is 134 Å². The number of benzene rings is 2. The fourth-order valence-electron chi connectivity index (χ4n) is 2.05. The van der Waals surface area contributed by atoms with Crippen LogP contribution in [0.2, 0.25) is 0 Å². The van der Waals surface area contributed by atoms with Gasteiger partial charge in [-0.2, -0.15) is 0 Å². The molecule has 4 nitrogen and oxygen atoms in total. The number of ether oxygens (including phenoxy) is 3. The van der Waals surface area contributed by atoms with E-state index in [-0.39, 0.29) is 11.5 Å². The minimum Gasteiger partial charge on any atom is -0.497 e. The summed E-state index contributed by atoms with van der Waals surface area (Å²) >= 11 is 0. The summed E-state index contributed by atoms with van der Waals surface area (Å²) < 4.78 is 28.8. The molecule has 0 bridgehead atoms. The third-order valence-corrected chi connectivity index (χ3v) is 3.28. The zero-order valence-corrected chi connectivity index (χ0v) is 13.1. The predicted octanol–water partition coefficient (Wildman–Crippen LogP) is 3.75. The number of ketones is 1. The Morgan fingerprint density at radius 1 is 0.957 bits per heavy atom. The molecule has 120 valence electrons. The molecule has 0 radical (unpaired) electrons. The quantitative estimate of drug-likeness (QED) is 0.601. The predicted molar refractivity (Wildman–Crippen MR) is 85.9 cm³/mol. The van der Waals surface area contributed by atoms with Gasteiger partial charge in [0.15, 0.2) is 17.3 Å². The molecule has 0 unspecified atom stereocenters. The van der Waals surface area contributed by atoms with Gasteiger partial charge in [0.1, 0.15) is 11.5 Å². The molecule has 2 aromatic rings. The van der Waals surface area contributed by atoms with Gasteiger partial charge in [0, 0.05) is 0 Å². The molecular weight excluding hydrogens is 299 g/mol. The van der Waals surface area contributed by atoms with Gasteiger partial charge in [0.25, 0.3) is 0 Å². The normalized spacial score (nSPS) is 10.6.